The number of furan rings is 1. The van der Waals surface area contributed by atoms with Gasteiger partial charge in [-0.05, 0) is 37.8 Å². The zero-order valence-corrected chi connectivity index (χ0v) is 11.6. The Kier molecular flexibility index (Phi) is 5.26. The van der Waals surface area contributed by atoms with Gasteiger partial charge in [0.1, 0.15) is 5.76 Å². The Morgan fingerprint density at radius 3 is 2.78 bits per heavy atom. The molecule has 0 amide bonds. The average Bonchev–Trinajstić information content (AvgIpc) is 2.89. The third kappa shape index (κ3) is 3.15. The summed E-state index contributed by atoms with van der Waals surface area (Å²) < 4.78 is 11.1. The maximum Gasteiger partial charge on any atom is 0.108 e. The van der Waals surface area contributed by atoms with Crippen molar-refractivity contribution in [1.29, 1.82) is 0 Å². The van der Waals surface area contributed by atoms with Crippen molar-refractivity contribution in [2.75, 3.05) is 19.8 Å². The van der Waals surface area contributed by atoms with Crippen LogP contribution in [0.2, 0.25) is 0 Å². The van der Waals surface area contributed by atoms with Crippen LogP contribution in [-0.2, 0) is 11.2 Å². The highest BCUT2D eigenvalue weighted by Gasteiger charge is 2.27. The molecule has 3 nitrogen and oxygen atoms in total. The molecule has 1 unspecified atom stereocenters. The van der Waals surface area contributed by atoms with Crippen LogP contribution in [0.3, 0.4) is 0 Å². The highest BCUT2D eigenvalue weighted by Crippen LogP contribution is 2.32. The van der Waals surface area contributed by atoms with Crippen molar-refractivity contribution in [3.63, 3.8) is 0 Å². The predicted octanol–water partition coefficient (Wildman–Crippen LogP) is 3.31. The second kappa shape index (κ2) is 6.95. The second-order valence-electron chi connectivity index (χ2n) is 5.03. The first-order valence-corrected chi connectivity index (χ1v) is 7.24. The van der Waals surface area contributed by atoms with E-state index in [9.17, 15) is 0 Å². The molecule has 1 N–H and O–H groups in total. The van der Waals surface area contributed by atoms with Gasteiger partial charge < -0.3 is 14.5 Å². The first-order chi connectivity index (χ1) is 8.86. The fourth-order valence-electron chi connectivity index (χ4n) is 2.79. The molecule has 1 aromatic rings. The van der Waals surface area contributed by atoms with Crippen molar-refractivity contribution in [2.45, 2.75) is 45.6 Å². The van der Waals surface area contributed by atoms with E-state index >= 15 is 0 Å². The lowest BCUT2D eigenvalue weighted by Gasteiger charge is -2.31. The second-order valence-corrected chi connectivity index (χ2v) is 5.03. The minimum absolute atomic E-state index is 0.433. The lowest BCUT2D eigenvalue weighted by Crippen LogP contribution is -2.32. The van der Waals surface area contributed by atoms with Crippen LogP contribution in [-0.4, -0.2) is 19.8 Å². The van der Waals surface area contributed by atoms with Gasteiger partial charge in [0.2, 0.25) is 0 Å². The molecule has 0 saturated carbocycles. The van der Waals surface area contributed by atoms with Crippen LogP contribution in [0.5, 0.6) is 0 Å². The van der Waals surface area contributed by atoms with Gasteiger partial charge in [0.15, 0.2) is 0 Å². The van der Waals surface area contributed by atoms with E-state index in [2.05, 4.69) is 25.2 Å². The van der Waals surface area contributed by atoms with Gasteiger partial charge in [-0.25, -0.2) is 0 Å². The maximum absolute atomic E-state index is 5.59. The summed E-state index contributed by atoms with van der Waals surface area (Å²) in [6, 6.07) is 2.57. The van der Waals surface area contributed by atoms with Gasteiger partial charge >= 0.3 is 0 Å². The van der Waals surface area contributed by atoms with Crippen LogP contribution >= 0.6 is 0 Å². The maximum atomic E-state index is 5.59. The lowest BCUT2D eigenvalue weighted by molar-refractivity contribution is 0.0534. The first-order valence-electron chi connectivity index (χ1n) is 7.24. The van der Waals surface area contributed by atoms with Gasteiger partial charge in [0, 0.05) is 31.2 Å². The van der Waals surface area contributed by atoms with Gasteiger partial charge in [-0.3, -0.25) is 0 Å². The zero-order chi connectivity index (χ0) is 12.8. The fraction of sp³-hybridized carbons (Fsp3) is 0.733. The molecule has 0 radical (unpaired) electrons. The highest BCUT2D eigenvalue weighted by atomic mass is 16.5. The van der Waals surface area contributed by atoms with E-state index in [0.29, 0.717) is 12.0 Å². The molecule has 1 aliphatic heterocycles. The number of rotatable bonds is 6. The van der Waals surface area contributed by atoms with Crippen molar-refractivity contribution in [1.82, 2.24) is 5.32 Å². The largest absolute Gasteiger partial charge is 0.469 e. The van der Waals surface area contributed by atoms with Gasteiger partial charge in [-0.15, -0.1) is 0 Å². The average molecular weight is 251 g/mol. The molecule has 0 aromatic carbocycles. The molecule has 1 saturated heterocycles. The molecule has 0 aliphatic carbocycles. The van der Waals surface area contributed by atoms with E-state index in [1.807, 2.05) is 6.26 Å². The van der Waals surface area contributed by atoms with Crippen LogP contribution in [0.25, 0.3) is 0 Å². The minimum Gasteiger partial charge on any atom is -0.469 e. The molecule has 2 rings (SSSR count). The Hall–Kier alpha value is -0.800. The third-order valence-corrected chi connectivity index (χ3v) is 3.79. The molecule has 1 fully saturated rings. The van der Waals surface area contributed by atoms with Crippen molar-refractivity contribution in [3.8, 4) is 0 Å². The summed E-state index contributed by atoms with van der Waals surface area (Å²) in [5, 5.41) is 3.70. The summed E-state index contributed by atoms with van der Waals surface area (Å²) in [7, 11) is 0. The van der Waals surface area contributed by atoms with Crippen molar-refractivity contribution < 1.29 is 9.15 Å². The Balaban J connectivity index is 2.12. The Labute approximate surface area is 110 Å². The SMILES string of the molecule is CCCNC(c1ccoc1CC)C1CCOCC1. The summed E-state index contributed by atoms with van der Waals surface area (Å²) in [6.45, 7) is 7.23. The summed E-state index contributed by atoms with van der Waals surface area (Å²) >= 11 is 0. The molecule has 3 heteroatoms. The molecule has 1 aliphatic rings. The molecular formula is C15H25NO2. The van der Waals surface area contributed by atoms with Gasteiger partial charge in [-0.1, -0.05) is 13.8 Å². The minimum atomic E-state index is 0.433. The van der Waals surface area contributed by atoms with Crippen molar-refractivity contribution >= 4 is 0 Å². The standard InChI is InChI=1S/C15H25NO2/c1-3-8-16-15(12-5-9-17-10-6-12)13-7-11-18-14(13)4-2/h7,11-12,15-16H,3-6,8-10H2,1-2H3. The monoisotopic (exact) mass is 251 g/mol. The van der Waals surface area contributed by atoms with Gasteiger partial charge in [0.25, 0.3) is 0 Å². The van der Waals surface area contributed by atoms with Crippen LogP contribution in [0, 0.1) is 5.92 Å². The fourth-order valence-corrected chi connectivity index (χ4v) is 2.79. The zero-order valence-electron chi connectivity index (χ0n) is 11.6. The number of hydrogen-bond donors (Lipinski definition) is 1. The van der Waals surface area contributed by atoms with E-state index in [1.54, 1.807) is 0 Å². The predicted molar refractivity (Wildman–Crippen MR) is 72.7 cm³/mol. The van der Waals surface area contributed by atoms with E-state index in [0.717, 1.165) is 44.8 Å². The van der Waals surface area contributed by atoms with E-state index in [1.165, 1.54) is 12.0 Å². The van der Waals surface area contributed by atoms with E-state index in [4.69, 9.17) is 9.15 Å². The molecule has 18 heavy (non-hydrogen) atoms. The van der Waals surface area contributed by atoms with E-state index < -0.39 is 0 Å². The van der Waals surface area contributed by atoms with Crippen LogP contribution in [0.1, 0.15) is 50.5 Å². The van der Waals surface area contributed by atoms with Crippen molar-refractivity contribution in [3.05, 3.63) is 23.7 Å². The summed E-state index contributed by atoms with van der Waals surface area (Å²) in [6.07, 6.45) is 6.26. The highest BCUT2D eigenvalue weighted by molar-refractivity contribution is 5.22. The summed E-state index contributed by atoms with van der Waals surface area (Å²) in [5.74, 6) is 1.81. The lowest BCUT2D eigenvalue weighted by atomic mass is 9.86. The number of ether oxygens (including phenoxy) is 1. The number of hydrogen-bond acceptors (Lipinski definition) is 3. The normalized spacial score (nSPS) is 19.0. The Bertz CT molecular complexity index is 342. The van der Waals surface area contributed by atoms with Crippen molar-refractivity contribution in [2.24, 2.45) is 5.92 Å². The van der Waals surface area contributed by atoms with Crippen LogP contribution < -0.4 is 5.32 Å². The topological polar surface area (TPSA) is 34.4 Å². The number of nitrogens with one attached hydrogen (secondary N) is 1. The molecule has 102 valence electrons. The molecule has 2 heterocycles. The molecular weight excluding hydrogens is 226 g/mol. The molecule has 0 bridgehead atoms. The first kappa shape index (κ1) is 13.6. The quantitative estimate of drug-likeness (QED) is 0.842. The Morgan fingerprint density at radius 1 is 1.33 bits per heavy atom. The molecule has 1 atom stereocenters. The van der Waals surface area contributed by atoms with Gasteiger partial charge in [0.05, 0.1) is 6.26 Å². The third-order valence-electron chi connectivity index (χ3n) is 3.79. The van der Waals surface area contributed by atoms with E-state index in [-0.39, 0.29) is 0 Å². The molecule has 1 aromatic heterocycles. The van der Waals surface area contributed by atoms with Gasteiger partial charge in [-0.2, -0.15) is 0 Å². The number of aryl methyl sites for hydroxylation is 1. The Morgan fingerprint density at radius 2 is 2.11 bits per heavy atom. The molecule has 0 spiro atoms. The summed E-state index contributed by atoms with van der Waals surface area (Å²) in [4.78, 5) is 0. The van der Waals surface area contributed by atoms with Crippen LogP contribution in [0.4, 0.5) is 0 Å². The summed E-state index contributed by atoms with van der Waals surface area (Å²) in [5.41, 5.74) is 1.36. The smallest absolute Gasteiger partial charge is 0.108 e. The van der Waals surface area contributed by atoms with Crippen LogP contribution in [0.15, 0.2) is 16.7 Å².